The maximum atomic E-state index is 8.56. The molecular formula is CH6K2O3Si. The van der Waals surface area contributed by atoms with Gasteiger partial charge in [0.05, 0.1) is 0 Å². The van der Waals surface area contributed by atoms with E-state index in [1.807, 2.05) is 0 Å². The van der Waals surface area contributed by atoms with Crippen molar-refractivity contribution in [3.05, 3.63) is 0 Å². The van der Waals surface area contributed by atoms with Crippen LogP contribution in [0.25, 0.3) is 0 Å². The molecule has 0 bridgehead atoms. The summed E-state index contributed by atoms with van der Waals surface area (Å²) in [5.74, 6) is 0. The summed E-state index contributed by atoms with van der Waals surface area (Å²) in [6.07, 6.45) is -1.83. The van der Waals surface area contributed by atoms with E-state index >= 15 is 0 Å². The Bertz CT molecular complexity index is 35.9. The van der Waals surface area contributed by atoms with Crippen LogP contribution in [-0.4, -0.2) is 118 Å². The third-order valence-corrected chi connectivity index (χ3v) is 0. The van der Waals surface area contributed by atoms with Crippen LogP contribution < -0.4 is 0 Å². The quantitative estimate of drug-likeness (QED) is 0.416. The number of hydrogen-bond acceptors (Lipinski definition) is 1. The number of hydrogen-bond donors (Lipinski definition) is 2. The average molecular weight is 172 g/mol. The Morgan fingerprint density at radius 1 is 1.43 bits per heavy atom. The predicted octanol–water partition coefficient (Wildman–Crippen LogP) is -1.99. The molecule has 7 heavy (non-hydrogen) atoms. The normalized spacial score (nSPS) is 4.86. The van der Waals surface area contributed by atoms with Crippen LogP contribution in [0.15, 0.2) is 0 Å². The zero-order valence-electron chi connectivity index (χ0n) is 3.80. The second kappa shape index (κ2) is 15.9. The average Bonchev–Trinajstić information content (AvgIpc) is 1.41. The third kappa shape index (κ3) is 52.6. The zero-order chi connectivity index (χ0) is 5.58. The standard InChI is InChI=1S/CH2O3.2K.H3Si.H/c2-1(3)4;;;;/h(H2,2,3,4);;;1H3;. The van der Waals surface area contributed by atoms with Crippen LogP contribution in [0.2, 0.25) is 0 Å². The number of carboxylic acid groups (broad SMARTS) is 2. The molecule has 0 spiro atoms. The van der Waals surface area contributed by atoms with Gasteiger partial charge >= 0.3 is 108 Å². The summed E-state index contributed by atoms with van der Waals surface area (Å²) in [5, 5.41) is 13.9. The van der Waals surface area contributed by atoms with Crippen molar-refractivity contribution in [3.63, 3.8) is 0 Å². The van der Waals surface area contributed by atoms with Gasteiger partial charge in [0.15, 0.2) is 0 Å². The summed E-state index contributed by atoms with van der Waals surface area (Å²) < 4.78 is 1.49. The van der Waals surface area contributed by atoms with Gasteiger partial charge in [0.25, 0.3) is 0 Å². The third-order valence-electron chi connectivity index (χ3n) is 0. The summed E-state index contributed by atoms with van der Waals surface area (Å²) in [5.41, 5.74) is 0. The van der Waals surface area contributed by atoms with Crippen LogP contribution in [-0.2, 0) is 0 Å². The van der Waals surface area contributed by atoms with E-state index in [-0.39, 0.29) is 51.4 Å². The first-order valence-electron chi connectivity index (χ1n) is 1.65. The van der Waals surface area contributed by atoms with Crippen molar-refractivity contribution in [1.29, 1.82) is 0 Å². The van der Waals surface area contributed by atoms with E-state index < -0.39 is 6.16 Å². The van der Waals surface area contributed by atoms with Crippen molar-refractivity contribution in [2.75, 3.05) is 0 Å². The van der Waals surface area contributed by atoms with E-state index in [0.29, 0.717) is 0 Å². The van der Waals surface area contributed by atoms with Crippen molar-refractivity contribution in [2.24, 2.45) is 0 Å². The van der Waals surface area contributed by atoms with Crippen molar-refractivity contribution in [3.8, 4) is 0 Å². The number of rotatable bonds is 0. The number of carbonyl (C=O) groups is 1. The van der Waals surface area contributed by atoms with Gasteiger partial charge in [-0.05, 0) is 0 Å². The van der Waals surface area contributed by atoms with Gasteiger partial charge < -0.3 is 10.2 Å². The Labute approximate surface area is 119 Å². The summed E-state index contributed by atoms with van der Waals surface area (Å²) in [6.45, 7) is 0. The Kier molecular flexibility index (Phi) is 37.2. The Balaban J connectivity index is -0.0000000480. The van der Waals surface area contributed by atoms with E-state index in [1.165, 1.54) is 50.6 Å². The van der Waals surface area contributed by atoms with E-state index in [4.69, 9.17) is 15.0 Å². The van der Waals surface area contributed by atoms with Gasteiger partial charge in [0.1, 0.15) is 0 Å². The van der Waals surface area contributed by atoms with Crippen molar-refractivity contribution in [2.45, 2.75) is 0 Å². The second-order valence-electron chi connectivity index (χ2n) is 0.283. The molecule has 0 amide bonds. The molecule has 0 aromatic rings. The van der Waals surface area contributed by atoms with E-state index in [1.54, 1.807) is 0 Å². The molecule has 0 aromatic heterocycles. The molecular weight excluding hydrogens is 166 g/mol. The van der Waals surface area contributed by atoms with Crippen LogP contribution in [0.1, 0.15) is 0 Å². The van der Waals surface area contributed by atoms with Gasteiger partial charge in [0.2, 0.25) is 0 Å². The molecule has 0 rings (SSSR count). The van der Waals surface area contributed by atoms with Gasteiger partial charge in [-0.1, -0.05) is 0 Å². The second-order valence-corrected chi connectivity index (χ2v) is 0.283. The van der Waals surface area contributed by atoms with Crippen LogP contribution in [0.3, 0.4) is 0 Å². The van der Waals surface area contributed by atoms with Gasteiger partial charge in [-0.2, -0.15) is 0 Å². The minimum atomic E-state index is -1.83. The zero-order valence-corrected chi connectivity index (χ0v) is 8.93. The van der Waals surface area contributed by atoms with Gasteiger partial charge in [-0.3, -0.25) is 0 Å². The van der Waals surface area contributed by atoms with Crippen molar-refractivity contribution >= 4 is 108 Å². The van der Waals surface area contributed by atoms with Gasteiger partial charge in [0, 0.05) is 0 Å². The van der Waals surface area contributed by atoms with Crippen LogP contribution in [0.4, 0.5) is 4.79 Å². The molecule has 0 saturated carbocycles. The van der Waals surface area contributed by atoms with Gasteiger partial charge in [-0.25, -0.2) is 4.79 Å². The molecule has 0 saturated heterocycles. The molecule has 0 fully saturated rings. The Morgan fingerprint density at radius 3 is 1.43 bits per heavy atom. The van der Waals surface area contributed by atoms with E-state index in [0.717, 1.165) is 0 Å². The van der Waals surface area contributed by atoms with Crippen molar-refractivity contribution < 1.29 is 15.0 Å². The fourth-order valence-electron chi connectivity index (χ4n) is 0. The fourth-order valence-corrected chi connectivity index (χ4v) is 0. The molecule has 0 aliphatic rings. The summed E-state index contributed by atoms with van der Waals surface area (Å²) >= 11 is 1.20. The first-order chi connectivity index (χ1) is 2.73. The Hall–Kier alpha value is 2.76. The van der Waals surface area contributed by atoms with Crippen LogP contribution >= 0.6 is 0 Å². The maximum absolute atomic E-state index is 8.56. The Morgan fingerprint density at radius 2 is 1.43 bits per heavy atom. The predicted molar refractivity (Wildman–Crippen MR) is 33.5 cm³/mol. The molecule has 6 heteroatoms. The van der Waals surface area contributed by atoms with Crippen LogP contribution in [0, 0.1) is 0 Å². The topological polar surface area (TPSA) is 57.5 Å². The fraction of sp³-hybridized carbons (Fsp3) is 0. The van der Waals surface area contributed by atoms with E-state index in [9.17, 15) is 0 Å². The molecule has 0 aliphatic heterocycles. The summed E-state index contributed by atoms with van der Waals surface area (Å²) in [7, 11) is 0. The molecule has 0 heterocycles. The molecule has 2 N–H and O–H groups in total. The molecule has 0 aromatic carbocycles. The van der Waals surface area contributed by atoms with E-state index in [2.05, 4.69) is 0 Å². The molecule has 0 radical (unpaired) electrons. The first kappa shape index (κ1) is 16.4. The monoisotopic (exact) mass is 172 g/mol. The molecule has 34 valence electrons. The molecule has 0 aliphatic carbocycles. The first-order valence-corrected chi connectivity index (χ1v) is 13.0. The molecule has 3 nitrogen and oxygen atoms in total. The molecule has 0 atom stereocenters. The minimum absolute atomic E-state index is 0. The van der Waals surface area contributed by atoms with Gasteiger partial charge in [-0.15, -0.1) is 0 Å². The van der Waals surface area contributed by atoms with Crippen LogP contribution in [0.5, 0.6) is 0 Å². The molecule has 0 unspecified atom stereocenters. The summed E-state index contributed by atoms with van der Waals surface area (Å²) in [4.78, 5) is 8.56. The summed E-state index contributed by atoms with van der Waals surface area (Å²) in [6, 6.07) is 0. The van der Waals surface area contributed by atoms with Crippen molar-refractivity contribution in [1.82, 2.24) is 0 Å². The SMILES string of the molecule is O=C(O)O.[KH].[SiH3][K].